The molecule has 4 aromatic rings. The highest BCUT2D eigenvalue weighted by Crippen LogP contribution is 2.43. The lowest BCUT2D eigenvalue weighted by atomic mass is 10.0. The summed E-state index contributed by atoms with van der Waals surface area (Å²) >= 11 is 5.68. The van der Waals surface area contributed by atoms with E-state index in [-0.39, 0.29) is 23.4 Å². The maximum absolute atomic E-state index is 11.2. The van der Waals surface area contributed by atoms with E-state index in [9.17, 15) is 9.90 Å². The van der Waals surface area contributed by atoms with Crippen molar-refractivity contribution in [2.75, 3.05) is 4.90 Å². The van der Waals surface area contributed by atoms with Gasteiger partial charge in [-0.05, 0) is 72.9 Å². The van der Waals surface area contributed by atoms with Crippen LogP contribution in [-0.2, 0) is 0 Å². The second-order valence-corrected chi connectivity index (χ2v) is 7.98. The van der Waals surface area contributed by atoms with E-state index in [2.05, 4.69) is 10.3 Å². The van der Waals surface area contributed by atoms with Crippen molar-refractivity contribution in [2.45, 2.75) is 12.1 Å². The van der Waals surface area contributed by atoms with Gasteiger partial charge in [-0.2, -0.15) is 0 Å². The summed E-state index contributed by atoms with van der Waals surface area (Å²) in [7, 11) is 0. The van der Waals surface area contributed by atoms with Crippen LogP contribution in [0.4, 0.5) is 5.69 Å². The number of pyridine rings is 1. The van der Waals surface area contributed by atoms with Crippen LogP contribution in [0.3, 0.4) is 0 Å². The van der Waals surface area contributed by atoms with Crippen molar-refractivity contribution < 1.29 is 19.4 Å². The number of aromatic hydroxyl groups is 1. The first-order valence-corrected chi connectivity index (χ1v) is 10.7. The summed E-state index contributed by atoms with van der Waals surface area (Å²) in [5, 5.41) is 22.7. The van der Waals surface area contributed by atoms with E-state index in [1.54, 1.807) is 54.7 Å². The SMILES string of the molecule is O=C(O)c1ccc(-c2ccc([C@H]3[C@@H](c4ccccn4)NC(=S)N3c3ccc(O)cc3)o2)cc1. The Bertz CT molecular complexity index is 1300. The molecule has 33 heavy (non-hydrogen) atoms. The number of carbonyl (C=O) groups is 1. The van der Waals surface area contributed by atoms with Crippen molar-refractivity contribution >= 4 is 29.0 Å². The van der Waals surface area contributed by atoms with Crippen LogP contribution in [0.5, 0.6) is 5.75 Å². The molecule has 0 spiro atoms. The lowest BCUT2D eigenvalue weighted by Crippen LogP contribution is -2.29. The number of aromatic nitrogens is 1. The summed E-state index contributed by atoms with van der Waals surface area (Å²) in [5.74, 6) is 0.475. The Hall–Kier alpha value is -4.17. The molecule has 2 atom stereocenters. The van der Waals surface area contributed by atoms with E-state index < -0.39 is 5.97 Å². The van der Waals surface area contributed by atoms with Crippen LogP contribution in [0.2, 0.25) is 0 Å². The van der Waals surface area contributed by atoms with E-state index in [1.807, 2.05) is 35.2 Å². The summed E-state index contributed by atoms with van der Waals surface area (Å²) in [6.07, 6.45) is 1.73. The highest BCUT2D eigenvalue weighted by atomic mass is 32.1. The third-order valence-electron chi connectivity index (χ3n) is 5.56. The van der Waals surface area contributed by atoms with Crippen molar-refractivity contribution in [1.82, 2.24) is 10.3 Å². The first-order valence-electron chi connectivity index (χ1n) is 10.2. The molecule has 5 rings (SSSR count). The number of hydrogen-bond donors (Lipinski definition) is 3. The Labute approximate surface area is 194 Å². The Balaban J connectivity index is 1.56. The molecule has 2 aromatic carbocycles. The molecule has 3 N–H and O–H groups in total. The van der Waals surface area contributed by atoms with Gasteiger partial charge in [0.15, 0.2) is 5.11 Å². The predicted octanol–water partition coefficient (Wildman–Crippen LogP) is 4.92. The number of aromatic carboxylic acids is 1. The molecule has 0 saturated carbocycles. The number of thiocarbonyl (C=S) groups is 1. The van der Waals surface area contributed by atoms with Crippen LogP contribution in [0, 0.1) is 0 Å². The molecule has 8 heteroatoms. The van der Waals surface area contributed by atoms with E-state index >= 15 is 0 Å². The summed E-state index contributed by atoms with van der Waals surface area (Å²) in [5.41, 5.74) is 2.60. The molecule has 0 amide bonds. The van der Waals surface area contributed by atoms with Gasteiger partial charge in [0.1, 0.15) is 23.3 Å². The fraction of sp³-hybridized carbons (Fsp3) is 0.0800. The van der Waals surface area contributed by atoms with Gasteiger partial charge in [-0.1, -0.05) is 18.2 Å². The van der Waals surface area contributed by atoms with E-state index in [4.69, 9.17) is 21.7 Å². The predicted molar refractivity (Wildman–Crippen MR) is 127 cm³/mol. The zero-order valence-corrected chi connectivity index (χ0v) is 18.1. The lowest BCUT2D eigenvalue weighted by Gasteiger charge is -2.26. The van der Waals surface area contributed by atoms with Gasteiger partial charge < -0.3 is 24.8 Å². The minimum Gasteiger partial charge on any atom is -0.508 e. The van der Waals surface area contributed by atoms with Crippen molar-refractivity contribution in [3.63, 3.8) is 0 Å². The second-order valence-electron chi connectivity index (χ2n) is 7.60. The number of hydrogen-bond acceptors (Lipinski definition) is 5. The number of carboxylic acids is 1. The molecular formula is C25H19N3O4S. The molecule has 0 bridgehead atoms. The normalized spacial score (nSPS) is 17.7. The Morgan fingerprint density at radius 2 is 1.76 bits per heavy atom. The quantitative estimate of drug-likeness (QED) is 0.363. The number of nitrogens with zero attached hydrogens (tertiary/aromatic N) is 2. The summed E-state index contributed by atoms with van der Waals surface area (Å²) < 4.78 is 6.26. The first-order chi connectivity index (χ1) is 16.0. The third-order valence-corrected chi connectivity index (χ3v) is 5.88. The minimum absolute atomic E-state index is 0.166. The monoisotopic (exact) mass is 457 g/mol. The number of phenols is 1. The molecule has 0 aliphatic carbocycles. The van der Waals surface area contributed by atoms with Crippen molar-refractivity contribution in [3.8, 4) is 17.1 Å². The van der Waals surface area contributed by atoms with Gasteiger partial charge in [0.2, 0.25) is 0 Å². The van der Waals surface area contributed by atoms with E-state index in [1.165, 1.54) is 0 Å². The topological polar surface area (TPSA) is 98.8 Å². The van der Waals surface area contributed by atoms with Crippen LogP contribution < -0.4 is 10.2 Å². The van der Waals surface area contributed by atoms with Crippen LogP contribution in [0.25, 0.3) is 11.3 Å². The molecule has 1 fully saturated rings. The van der Waals surface area contributed by atoms with Crippen LogP contribution in [-0.4, -0.2) is 26.3 Å². The third kappa shape index (κ3) is 3.92. The van der Waals surface area contributed by atoms with Gasteiger partial charge in [0.25, 0.3) is 0 Å². The highest BCUT2D eigenvalue weighted by molar-refractivity contribution is 7.80. The molecule has 164 valence electrons. The minimum atomic E-state index is -0.977. The van der Waals surface area contributed by atoms with Crippen molar-refractivity contribution in [2.24, 2.45) is 0 Å². The standard InChI is InChI=1S/C25H19N3O4S/c29-18-10-8-17(9-11-18)28-23(22(27-25(28)33)19-3-1-2-14-26-19)21-13-12-20(32-21)15-4-6-16(7-5-15)24(30)31/h1-14,22-23,29H,(H,27,33)(H,30,31)/t22-,23+/m1/s1. The molecule has 1 aliphatic heterocycles. The number of carboxylic acid groups (broad SMARTS) is 1. The summed E-state index contributed by atoms with van der Waals surface area (Å²) in [6, 6.07) is 22.2. The molecule has 0 radical (unpaired) electrons. The Morgan fingerprint density at radius 3 is 2.42 bits per heavy atom. The summed E-state index contributed by atoms with van der Waals surface area (Å²) in [6.45, 7) is 0. The number of rotatable bonds is 5. The highest BCUT2D eigenvalue weighted by Gasteiger charge is 2.42. The fourth-order valence-electron chi connectivity index (χ4n) is 3.98. The zero-order valence-electron chi connectivity index (χ0n) is 17.3. The van der Waals surface area contributed by atoms with Crippen LogP contribution >= 0.6 is 12.2 Å². The number of furan rings is 1. The van der Waals surface area contributed by atoms with Gasteiger partial charge in [-0.15, -0.1) is 0 Å². The molecule has 1 aliphatic rings. The van der Waals surface area contributed by atoms with E-state index in [0.29, 0.717) is 16.6 Å². The molecule has 7 nitrogen and oxygen atoms in total. The maximum Gasteiger partial charge on any atom is 0.335 e. The van der Waals surface area contributed by atoms with Gasteiger partial charge in [0.05, 0.1) is 17.3 Å². The largest absolute Gasteiger partial charge is 0.508 e. The smallest absolute Gasteiger partial charge is 0.335 e. The Morgan fingerprint density at radius 1 is 1.00 bits per heavy atom. The van der Waals surface area contributed by atoms with E-state index in [0.717, 1.165) is 16.9 Å². The molecule has 1 saturated heterocycles. The van der Waals surface area contributed by atoms with Crippen molar-refractivity contribution in [3.05, 3.63) is 102 Å². The van der Waals surface area contributed by atoms with Gasteiger partial charge in [-0.25, -0.2) is 4.79 Å². The maximum atomic E-state index is 11.2. The molecule has 0 unspecified atom stereocenters. The van der Waals surface area contributed by atoms with Gasteiger partial charge >= 0.3 is 5.97 Å². The Kier molecular flexibility index (Phi) is 5.27. The van der Waals surface area contributed by atoms with Gasteiger partial charge in [0, 0.05) is 17.4 Å². The number of phenolic OH excluding ortho intramolecular Hbond substituents is 1. The molecular weight excluding hydrogens is 438 g/mol. The van der Waals surface area contributed by atoms with Crippen molar-refractivity contribution in [1.29, 1.82) is 0 Å². The van der Waals surface area contributed by atoms with Gasteiger partial charge in [-0.3, -0.25) is 4.98 Å². The lowest BCUT2D eigenvalue weighted by molar-refractivity contribution is 0.0697. The molecule has 2 aromatic heterocycles. The molecule has 3 heterocycles. The second kappa shape index (κ2) is 8.40. The number of anilines is 1. The summed E-state index contributed by atoms with van der Waals surface area (Å²) in [4.78, 5) is 17.6. The number of nitrogens with one attached hydrogen (secondary N) is 1. The average Bonchev–Trinajstić information content (AvgIpc) is 3.45. The first kappa shape index (κ1) is 20.7. The van der Waals surface area contributed by atoms with Crippen LogP contribution in [0.15, 0.2) is 89.5 Å². The average molecular weight is 458 g/mol. The zero-order chi connectivity index (χ0) is 22.9. The number of benzene rings is 2. The van der Waals surface area contributed by atoms with Crippen LogP contribution in [0.1, 0.15) is 33.9 Å². The fourth-order valence-corrected chi connectivity index (χ4v) is 4.33.